The maximum absolute atomic E-state index is 12.8. The van der Waals surface area contributed by atoms with Crippen LogP contribution in [0.2, 0.25) is 0 Å². The summed E-state index contributed by atoms with van der Waals surface area (Å²) >= 11 is 1.42. The van der Waals surface area contributed by atoms with Gasteiger partial charge in [-0.05, 0) is 43.0 Å². The minimum atomic E-state index is -4.00. The number of urea groups is 1. The van der Waals surface area contributed by atoms with Crippen molar-refractivity contribution in [2.45, 2.75) is 56.5 Å². The van der Waals surface area contributed by atoms with Crippen LogP contribution in [0.15, 0.2) is 41.3 Å². The summed E-state index contributed by atoms with van der Waals surface area (Å²) in [7, 11) is -4.00. The number of hydrogen-bond acceptors (Lipinski definition) is 5. The van der Waals surface area contributed by atoms with Gasteiger partial charge in [0.15, 0.2) is 0 Å². The summed E-state index contributed by atoms with van der Waals surface area (Å²) in [6.07, 6.45) is 4.29. The highest BCUT2D eigenvalue weighted by atomic mass is 32.2. The monoisotopic (exact) mass is 489 g/mol. The second-order valence-electron chi connectivity index (χ2n) is 8.73. The van der Waals surface area contributed by atoms with Crippen molar-refractivity contribution in [3.8, 4) is 0 Å². The van der Waals surface area contributed by atoms with E-state index in [9.17, 15) is 23.1 Å². The van der Waals surface area contributed by atoms with Gasteiger partial charge in [-0.3, -0.25) is 4.79 Å². The fraction of sp³-hybridized carbons (Fsp3) is 0.391. The zero-order valence-electron chi connectivity index (χ0n) is 18.4. The van der Waals surface area contributed by atoms with Crippen molar-refractivity contribution >= 4 is 59.2 Å². The zero-order valence-corrected chi connectivity index (χ0v) is 20.1. The maximum atomic E-state index is 12.8. The molecule has 33 heavy (non-hydrogen) atoms. The molecule has 1 saturated carbocycles. The number of fused-ring (bicyclic) bond motifs is 3. The lowest BCUT2D eigenvalue weighted by Crippen LogP contribution is -2.44. The normalized spacial score (nSPS) is 15.8. The molecule has 1 aliphatic rings. The van der Waals surface area contributed by atoms with Gasteiger partial charge in [0.1, 0.15) is 6.04 Å². The van der Waals surface area contributed by atoms with Crippen LogP contribution in [-0.4, -0.2) is 37.6 Å². The van der Waals surface area contributed by atoms with Crippen LogP contribution < -0.4 is 15.4 Å². The van der Waals surface area contributed by atoms with E-state index in [0.717, 1.165) is 45.9 Å². The smallest absolute Gasteiger partial charge is 0.322 e. The molecule has 0 radical (unpaired) electrons. The van der Waals surface area contributed by atoms with Crippen LogP contribution in [0.3, 0.4) is 0 Å². The summed E-state index contributed by atoms with van der Waals surface area (Å²) in [5, 5.41) is 17.1. The van der Waals surface area contributed by atoms with Crippen molar-refractivity contribution < 1.29 is 23.1 Å². The number of anilines is 1. The summed E-state index contributed by atoms with van der Waals surface area (Å²) < 4.78 is 29.6. The number of nitrogens with one attached hydrogen (secondary N) is 3. The standard InChI is InChI=1S/C23H27N3O5S2/c1-13(2)21(22(27)28)26-33(30,31)16-8-10-18-17-9-7-15(11-19(17)32-20(18)12-16)25-23(29)24-14-5-3-4-6-14/h7-14,21,26H,3-6H2,1-2H3,(H,27,28)(H2,24,25,29). The molecule has 1 fully saturated rings. The van der Waals surface area contributed by atoms with Crippen LogP contribution in [0.4, 0.5) is 10.5 Å². The number of carboxylic acids is 1. The molecule has 0 aliphatic heterocycles. The van der Waals surface area contributed by atoms with Gasteiger partial charge in [-0.2, -0.15) is 4.72 Å². The highest BCUT2D eigenvalue weighted by Crippen LogP contribution is 2.36. The molecule has 3 aromatic rings. The molecule has 8 nitrogen and oxygen atoms in total. The van der Waals surface area contributed by atoms with Crippen molar-refractivity contribution in [2.24, 2.45) is 5.92 Å². The van der Waals surface area contributed by atoms with Crippen molar-refractivity contribution in [1.29, 1.82) is 0 Å². The van der Waals surface area contributed by atoms with E-state index in [1.165, 1.54) is 17.4 Å². The third-order valence-corrected chi connectivity index (χ3v) is 8.47. The number of rotatable bonds is 7. The van der Waals surface area contributed by atoms with Crippen molar-refractivity contribution in [2.75, 3.05) is 5.32 Å². The number of carbonyl (C=O) groups is 2. The van der Waals surface area contributed by atoms with Gasteiger partial charge in [0.25, 0.3) is 0 Å². The van der Waals surface area contributed by atoms with Crippen LogP contribution in [0.5, 0.6) is 0 Å². The van der Waals surface area contributed by atoms with Crippen molar-refractivity contribution in [3.63, 3.8) is 0 Å². The Hall–Kier alpha value is -2.69. The van der Waals surface area contributed by atoms with E-state index in [-0.39, 0.29) is 17.0 Å². The minimum absolute atomic E-state index is 0.0164. The van der Waals surface area contributed by atoms with Crippen LogP contribution in [-0.2, 0) is 14.8 Å². The highest BCUT2D eigenvalue weighted by molar-refractivity contribution is 7.89. The number of thiophene rings is 1. The molecule has 1 heterocycles. The Labute approximate surface area is 196 Å². The van der Waals surface area contributed by atoms with Gasteiger partial charge in [-0.1, -0.05) is 38.8 Å². The van der Waals surface area contributed by atoms with Gasteiger partial charge in [-0.25, -0.2) is 13.2 Å². The molecule has 1 aliphatic carbocycles. The Bertz CT molecular complexity index is 1310. The largest absolute Gasteiger partial charge is 0.480 e. The second kappa shape index (κ2) is 9.28. The van der Waals surface area contributed by atoms with E-state index in [2.05, 4.69) is 15.4 Å². The molecule has 1 atom stereocenters. The molecule has 4 N–H and O–H groups in total. The van der Waals surface area contributed by atoms with Crippen LogP contribution in [0, 0.1) is 5.92 Å². The lowest BCUT2D eigenvalue weighted by Gasteiger charge is -2.18. The lowest BCUT2D eigenvalue weighted by atomic mass is 10.1. The topological polar surface area (TPSA) is 125 Å². The summed E-state index contributed by atoms with van der Waals surface area (Å²) in [4.78, 5) is 23.7. The number of hydrogen-bond donors (Lipinski definition) is 4. The predicted octanol–water partition coefficient (Wildman–Crippen LogP) is 4.51. The number of carbonyl (C=O) groups excluding carboxylic acids is 1. The average molecular weight is 490 g/mol. The zero-order chi connectivity index (χ0) is 23.8. The molecule has 2 amide bonds. The lowest BCUT2D eigenvalue weighted by molar-refractivity contribution is -0.140. The van der Waals surface area contributed by atoms with Crippen LogP contribution in [0.25, 0.3) is 20.2 Å². The van der Waals surface area contributed by atoms with E-state index in [1.807, 2.05) is 18.2 Å². The SMILES string of the molecule is CC(C)C(NS(=O)(=O)c1ccc2c(c1)sc1cc(NC(=O)NC3CCCC3)ccc12)C(=O)O. The van der Waals surface area contributed by atoms with Gasteiger partial charge in [0, 0.05) is 31.9 Å². The Morgan fingerprint density at radius 1 is 1.03 bits per heavy atom. The molecule has 0 bridgehead atoms. The number of carboxylic acid groups (broad SMARTS) is 1. The first kappa shape index (κ1) is 23.5. The Balaban J connectivity index is 1.58. The average Bonchev–Trinajstić information content (AvgIpc) is 3.37. The second-order valence-corrected chi connectivity index (χ2v) is 11.5. The molecule has 1 unspecified atom stereocenters. The molecule has 2 aromatic carbocycles. The maximum Gasteiger partial charge on any atom is 0.322 e. The van der Waals surface area contributed by atoms with Gasteiger partial charge in [-0.15, -0.1) is 11.3 Å². The third kappa shape index (κ3) is 5.13. The minimum Gasteiger partial charge on any atom is -0.480 e. The van der Waals surface area contributed by atoms with Gasteiger partial charge in [0.05, 0.1) is 4.90 Å². The van der Waals surface area contributed by atoms with Gasteiger partial charge in [0.2, 0.25) is 10.0 Å². The van der Waals surface area contributed by atoms with Crippen molar-refractivity contribution in [3.05, 3.63) is 36.4 Å². The van der Waals surface area contributed by atoms with E-state index < -0.39 is 28.0 Å². The Kier molecular flexibility index (Phi) is 6.60. The molecular formula is C23H27N3O5S2. The number of sulfonamides is 1. The van der Waals surface area contributed by atoms with E-state index in [1.54, 1.807) is 26.0 Å². The highest BCUT2D eigenvalue weighted by Gasteiger charge is 2.28. The van der Waals surface area contributed by atoms with E-state index in [4.69, 9.17) is 0 Å². The summed E-state index contributed by atoms with van der Waals surface area (Å²) in [5.74, 6) is -1.62. The number of benzene rings is 2. The van der Waals surface area contributed by atoms with Gasteiger partial charge < -0.3 is 15.7 Å². The first-order valence-corrected chi connectivity index (χ1v) is 13.2. The number of aliphatic carboxylic acids is 1. The van der Waals surface area contributed by atoms with Crippen LogP contribution in [0.1, 0.15) is 39.5 Å². The predicted molar refractivity (Wildman–Crippen MR) is 130 cm³/mol. The van der Waals surface area contributed by atoms with E-state index in [0.29, 0.717) is 5.69 Å². The summed E-state index contributed by atoms with van der Waals surface area (Å²) in [6, 6.07) is 9.17. The molecule has 4 rings (SSSR count). The fourth-order valence-electron chi connectivity index (χ4n) is 4.13. The summed E-state index contributed by atoms with van der Waals surface area (Å²) in [6.45, 7) is 3.30. The Morgan fingerprint density at radius 3 is 2.30 bits per heavy atom. The fourth-order valence-corrected chi connectivity index (χ4v) is 6.75. The molecule has 1 aromatic heterocycles. The molecule has 176 valence electrons. The third-order valence-electron chi connectivity index (χ3n) is 5.92. The molecule has 10 heteroatoms. The van der Waals surface area contributed by atoms with Crippen LogP contribution >= 0.6 is 11.3 Å². The molecule has 0 saturated heterocycles. The van der Waals surface area contributed by atoms with E-state index >= 15 is 0 Å². The summed E-state index contributed by atoms with van der Waals surface area (Å²) in [5.41, 5.74) is 0.667. The Morgan fingerprint density at radius 2 is 1.67 bits per heavy atom. The number of amides is 2. The molecular weight excluding hydrogens is 462 g/mol. The molecule has 0 spiro atoms. The quantitative estimate of drug-likeness (QED) is 0.389. The van der Waals surface area contributed by atoms with Crippen molar-refractivity contribution in [1.82, 2.24) is 10.0 Å². The first-order valence-electron chi connectivity index (χ1n) is 10.9. The van der Waals surface area contributed by atoms with Gasteiger partial charge >= 0.3 is 12.0 Å². The first-order chi connectivity index (χ1) is 15.6.